The van der Waals surface area contributed by atoms with Crippen LogP contribution in [0.3, 0.4) is 0 Å². The topological polar surface area (TPSA) is 74.2 Å². The maximum atomic E-state index is 9.60. The smallest absolute Gasteiger partial charge is 0.181 e. The molecule has 25 heavy (non-hydrogen) atoms. The van der Waals surface area contributed by atoms with Crippen LogP contribution < -0.4 is 5.32 Å². The van der Waals surface area contributed by atoms with E-state index in [1.54, 1.807) is 17.5 Å². The van der Waals surface area contributed by atoms with E-state index in [-0.39, 0.29) is 6.10 Å². The zero-order valence-electron chi connectivity index (χ0n) is 13.9. The number of nitrogens with one attached hydrogen (secondary N) is 1. The van der Waals surface area contributed by atoms with Crippen LogP contribution in [0.5, 0.6) is 0 Å². The van der Waals surface area contributed by atoms with Gasteiger partial charge < -0.3 is 15.3 Å². The predicted octanol–water partition coefficient (Wildman–Crippen LogP) is 2.62. The molecule has 0 radical (unpaired) electrons. The van der Waals surface area contributed by atoms with Gasteiger partial charge in [0.25, 0.3) is 0 Å². The summed E-state index contributed by atoms with van der Waals surface area (Å²) in [6.07, 6.45) is 3.37. The molecule has 1 aliphatic heterocycles. The molecule has 1 fully saturated rings. The summed E-state index contributed by atoms with van der Waals surface area (Å²) in [4.78, 5) is 17.1. The van der Waals surface area contributed by atoms with Crippen molar-refractivity contribution in [3.8, 4) is 11.5 Å². The Morgan fingerprint density at radius 3 is 2.88 bits per heavy atom. The fraction of sp³-hybridized carbons (Fsp3) is 0.389. The molecule has 6 nitrogen and oxygen atoms in total. The molecule has 1 aliphatic rings. The lowest BCUT2D eigenvalue weighted by Gasteiger charge is -2.29. The Morgan fingerprint density at radius 2 is 2.08 bits per heavy atom. The maximum Gasteiger partial charge on any atom is 0.181 e. The van der Waals surface area contributed by atoms with Gasteiger partial charge in [-0.25, -0.2) is 9.97 Å². The Morgan fingerprint density at radius 1 is 1.20 bits per heavy atom. The van der Waals surface area contributed by atoms with E-state index in [1.165, 1.54) is 0 Å². The number of nitrogens with zero attached hydrogens (tertiary/aromatic N) is 4. The Hall–Kier alpha value is -2.09. The van der Waals surface area contributed by atoms with Gasteiger partial charge in [-0.1, -0.05) is 6.07 Å². The number of aromatic nitrogens is 3. The van der Waals surface area contributed by atoms with E-state index in [4.69, 9.17) is 4.98 Å². The summed E-state index contributed by atoms with van der Waals surface area (Å²) >= 11 is 1.61. The molecule has 2 N–H and O–H groups in total. The van der Waals surface area contributed by atoms with Gasteiger partial charge in [0.2, 0.25) is 0 Å². The predicted molar refractivity (Wildman–Crippen MR) is 101 cm³/mol. The molecule has 3 aromatic rings. The lowest BCUT2D eigenvalue weighted by molar-refractivity contribution is 0.0845. The van der Waals surface area contributed by atoms with Crippen LogP contribution in [0.25, 0.3) is 21.7 Å². The molecule has 0 amide bonds. The van der Waals surface area contributed by atoms with Gasteiger partial charge in [0.1, 0.15) is 16.3 Å². The summed E-state index contributed by atoms with van der Waals surface area (Å²) in [5, 5.41) is 16.2. The average molecular weight is 355 g/mol. The van der Waals surface area contributed by atoms with Crippen molar-refractivity contribution in [1.29, 1.82) is 0 Å². The van der Waals surface area contributed by atoms with Crippen LogP contribution in [-0.4, -0.2) is 57.2 Å². The fourth-order valence-corrected chi connectivity index (χ4v) is 3.84. The number of piperidine rings is 1. The van der Waals surface area contributed by atoms with Crippen LogP contribution in [0.2, 0.25) is 0 Å². The summed E-state index contributed by atoms with van der Waals surface area (Å²) in [5.41, 5.74) is 0.783. The quantitative estimate of drug-likeness (QED) is 0.733. The van der Waals surface area contributed by atoms with Crippen molar-refractivity contribution in [3.63, 3.8) is 0 Å². The summed E-state index contributed by atoms with van der Waals surface area (Å²) in [6, 6.07) is 7.82. The Balaban J connectivity index is 1.49. The number of aliphatic hydroxyl groups is 1. The Kier molecular flexibility index (Phi) is 4.87. The molecule has 7 heteroatoms. The van der Waals surface area contributed by atoms with Crippen molar-refractivity contribution in [2.24, 2.45) is 0 Å². The second kappa shape index (κ2) is 7.43. The number of pyridine rings is 1. The second-order valence-electron chi connectivity index (χ2n) is 6.25. The highest BCUT2D eigenvalue weighted by atomic mass is 32.1. The number of rotatable bonds is 5. The molecule has 4 rings (SSSR count). The van der Waals surface area contributed by atoms with Gasteiger partial charge in [-0.05, 0) is 36.4 Å². The summed E-state index contributed by atoms with van der Waals surface area (Å²) in [6.45, 7) is 3.68. The van der Waals surface area contributed by atoms with Crippen LogP contribution >= 0.6 is 11.3 Å². The molecular weight excluding hydrogens is 334 g/mol. The SMILES string of the molecule is OC1CCN(CCNc2nc(-c3ccccn3)nc3sccc23)CC1. The van der Waals surface area contributed by atoms with Gasteiger partial charge in [0, 0.05) is 32.4 Å². The highest BCUT2D eigenvalue weighted by Gasteiger charge is 2.17. The number of hydrogen-bond donors (Lipinski definition) is 2. The van der Waals surface area contributed by atoms with E-state index >= 15 is 0 Å². The van der Waals surface area contributed by atoms with Crippen LogP contribution in [0.1, 0.15) is 12.8 Å². The molecule has 0 bridgehead atoms. The first-order valence-corrected chi connectivity index (χ1v) is 9.48. The normalized spacial score (nSPS) is 16.4. The maximum absolute atomic E-state index is 9.60. The van der Waals surface area contributed by atoms with E-state index in [0.717, 1.165) is 60.7 Å². The van der Waals surface area contributed by atoms with Gasteiger partial charge in [-0.15, -0.1) is 11.3 Å². The van der Waals surface area contributed by atoms with Gasteiger partial charge in [-0.2, -0.15) is 0 Å². The third-order valence-corrected chi connectivity index (χ3v) is 5.30. The molecular formula is C18H21N5OS. The zero-order valence-corrected chi connectivity index (χ0v) is 14.7. The van der Waals surface area contributed by atoms with E-state index < -0.39 is 0 Å². The number of fused-ring (bicyclic) bond motifs is 1. The van der Waals surface area contributed by atoms with Crippen molar-refractivity contribution in [1.82, 2.24) is 19.9 Å². The molecule has 0 atom stereocenters. The second-order valence-corrected chi connectivity index (χ2v) is 7.14. The molecule has 0 aliphatic carbocycles. The molecule has 130 valence electrons. The number of hydrogen-bond acceptors (Lipinski definition) is 7. The summed E-state index contributed by atoms with van der Waals surface area (Å²) in [7, 11) is 0. The van der Waals surface area contributed by atoms with Crippen LogP contribution in [0, 0.1) is 0 Å². The molecule has 0 spiro atoms. The number of aliphatic hydroxyl groups excluding tert-OH is 1. The standard InChI is InChI=1S/C18H21N5OS/c24-13-4-9-23(10-5-13)11-8-20-16-14-6-12-25-18(14)22-17(21-16)15-3-1-2-7-19-15/h1-3,6-7,12-13,24H,4-5,8-11H2,(H,20,21,22). The lowest BCUT2D eigenvalue weighted by atomic mass is 10.1. The van der Waals surface area contributed by atoms with Crippen molar-refractivity contribution in [2.75, 3.05) is 31.5 Å². The number of thiophene rings is 1. The van der Waals surface area contributed by atoms with Crippen molar-refractivity contribution in [3.05, 3.63) is 35.8 Å². The Bertz CT molecular complexity index is 830. The van der Waals surface area contributed by atoms with E-state index in [9.17, 15) is 5.11 Å². The first kappa shape index (κ1) is 16.4. The van der Waals surface area contributed by atoms with Crippen molar-refractivity contribution < 1.29 is 5.11 Å². The number of likely N-dealkylation sites (tertiary alicyclic amines) is 1. The molecule has 0 aromatic carbocycles. The van der Waals surface area contributed by atoms with Crippen LogP contribution in [0.4, 0.5) is 5.82 Å². The van der Waals surface area contributed by atoms with E-state index in [1.807, 2.05) is 23.6 Å². The minimum absolute atomic E-state index is 0.127. The summed E-state index contributed by atoms with van der Waals surface area (Å²) < 4.78 is 0. The first-order valence-electron chi connectivity index (χ1n) is 8.60. The molecule has 0 unspecified atom stereocenters. The van der Waals surface area contributed by atoms with Gasteiger partial charge >= 0.3 is 0 Å². The average Bonchev–Trinajstić information content (AvgIpc) is 3.13. The lowest BCUT2D eigenvalue weighted by Crippen LogP contribution is -2.38. The number of anilines is 1. The molecule has 0 saturated carbocycles. The van der Waals surface area contributed by atoms with Crippen molar-refractivity contribution >= 4 is 27.4 Å². The third-order valence-electron chi connectivity index (χ3n) is 4.50. The van der Waals surface area contributed by atoms with E-state index in [0.29, 0.717) is 5.82 Å². The van der Waals surface area contributed by atoms with Crippen LogP contribution in [-0.2, 0) is 0 Å². The van der Waals surface area contributed by atoms with Gasteiger partial charge in [0.15, 0.2) is 5.82 Å². The largest absolute Gasteiger partial charge is 0.393 e. The van der Waals surface area contributed by atoms with Crippen LogP contribution in [0.15, 0.2) is 35.8 Å². The van der Waals surface area contributed by atoms with Crippen molar-refractivity contribution in [2.45, 2.75) is 18.9 Å². The molecule has 1 saturated heterocycles. The summed E-state index contributed by atoms with van der Waals surface area (Å²) in [5.74, 6) is 1.52. The molecule has 3 aromatic heterocycles. The minimum Gasteiger partial charge on any atom is -0.393 e. The van der Waals surface area contributed by atoms with Gasteiger partial charge in [-0.3, -0.25) is 4.98 Å². The highest BCUT2D eigenvalue weighted by Crippen LogP contribution is 2.27. The Labute approximate surface area is 150 Å². The minimum atomic E-state index is -0.127. The third kappa shape index (κ3) is 3.78. The monoisotopic (exact) mass is 355 g/mol. The highest BCUT2D eigenvalue weighted by molar-refractivity contribution is 7.16. The first-order chi connectivity index (χ1) is 12.3. The molecule has 4 heterocycles. The zero-order chi connectivity index (χ0) is 17.1. The fourth-order valence-electron chi connectivity index (χ4n) is 3.08. The van der Waals surface area contributed by atoms with E-state index in [2.05, 4.69) is 26.3 Å². The van der Waals surface area contributed by atoms with Gasteiger partial charge in [0.05, 0.1) is 11.5 Å².